The maximum Gasteiger partial charge on any atom is 0.0595 e. The van der Waals surface area contributed by atoms with Crippen molar-refractivity contribution in [3.05, 3.63) is 46.0 Å². The van der Waals surface area contributed by atoms with Gasteiger partial charge in [-0.25, -0.2) is 0 Å². The molecule has 0 aliphatic carbocycles. The van der Waals surface area contributed by atoms with Gasteiger partial charge in [-0.05, 0) is 37.1 Å². The summed E-state index contributed by atoms with van der Waals surface area (Å²) < 4.78 is 0. The fourth-order valence-electron chi connectivity index (χ4n) is 1.46. The molecular formula is C14H19Cl2N. The molecule has 0 fully saturated rings. The molecule has 94 valence electrons. The van der Waals surface area contributed by atoms with Crippen LogP contribution in [0.4, 0.5) is 0 Å². The molecule has 0 aliphatic heterocycles. The number of rotatable bonds is 6. The summed E-state index contributed by atoms with van der Waals surface area (Å²) >= 11 is 11.8. The van der Waals surface area contributed by atoms with Gasteiger partial charge in [0.1, 0.15) is 0 Å². The molecule has 1 aromatic rings. The monoisotopic (exact) mass is 271 g/mol. The van der Waals surface area contributed by atoms with E-state index in [1.165, 1.54) is 5.56 Å². The number of hydrogen-bond acceptors (Lipinski definition) is 1. The van der Waals surface area contributed by atoms with Crippen molar-refractivity contribution in [1.82, 2.24) is 5.32 Å². The lowest BCUT2D eigenvalue weighted by molar-refractivity contribution is 0.594. The number of halogens is 2. The smallest absolute Gasteiger partial charge is 0.0595 e. The second-order valence-corrected chi connectivity index (χ2v) is 5.14. The quantitative estimate of drug-likeness (QED) is 0.594. The lowest BCUT2D eigenvalue weighted by Gasteiger charge is -2.04. The molecule has 0 atom stereocenters. The molecule has 0 saturated heterocycles. The highest BCUT2D eigenvalue weighted by molar-refractivity contribution is 6.42. The van der Waals surface area contributed by atoms with Gasteiger partial charge in [0.05, 0.1) is 10.0 Å². The van der Waals surface area contributed by atoms with E-state index in [0.717, 1.165) is 19.4 Å². The van der Waals surface area contributed by atoms with E-state index >= 15 is 0 Å². The summed E-state index contributed by atoms with van der Waals surface area (Å²) in [7, 11) is 0. The van der Waals surface area contributed by atoms with Gasteiger partial charge < -0.3 is 5.32 Å². The third-order valence-corrected chi connectivity index (χ3v) is 3.11. The molecule has 0 saturated carbocycles. The van der Waals surface area contributed by atoms with Gasteiger partial charge in [0.25, 0.3) is 0 Å². The molecular weight excluding hydrogens is 253 g/mol. The Morgan fingerprint density at radius 2 is 1.94 bits per heavy atom. The Morgan fingerprint density at radius 3 is 2.59 bits per heavy atom. The Balaban J connectivity index is 2.30. The van der Waals surface area contributed by atoms with Gasteiger partial charge in [-0.15, -0.1) is 0 Å². The van der Waals surface area contributed by atoms with Crippen molar-refractivity contribution < 1.29 is 0 Å². The largest absolute Gasteiger partial charge is 0.314 e. The van der Waals surface area contributed by atoms with Gasteiger partial charge in [0.15, 0.2) is 0 Å². The van der Waals surface area contributed by atoms with Crippen molar-refractivity contribution in [2.75, 3.05) is 6.54 Å². The Kier molecular flexibility index (Phi) is 6.64. The van der Waals surface area contributed by atoms with Crippen LogP contribution in [0.15, 0.2) is 30.4 Å². The molecule has 0 heterocycles. The summed E-state index contributed by atoms with van der Waals surface area (Å²) in [6.07, 6.45) is 6.32. The highest BCUT2D eigenvalue weighted by Gasteiger charge is 1.97. The number of nitrogens with one attached hydrogen (secondary N) is 1. The fourth-order valence-corrected chi connectivity index (χ4v) is 1.78. The van der Waals surface area contributed by atoms with Crippen LogP contribution in [-0.2, 0) is 6.42 Å². The molecule has 0 spiro atoms. The van der Waals surface area contributed by atoms with E-state index in [2.05, 4.69) is 31.3 Å². The summed E-state index contributed by atoms with van der Waals surface area (Å²) in [6, 6.07) is 6.32. The number of hydrogen-bond donors (Lipinski definition) is 1. The first kappa shape index (κ1) is 14.6. The van der Waals surface area contributed by atoms with E-state index in [-0.39, 0.29) is 0 Å². The van der Waals surface area contributed by atoms with E-state index in [0.29, 0.717) is 16.1 Å². The zero-order chi connectivity index (χ0) is 12.7. The van der Waals surface area contributed by atoms with Crippen molar-refractivity contribution in [2.45, 2.75) is 32.7 Å². The summed E-state index contributed by atoms with van der Waals surface area (Å²) in [5.74, 6) is 0. The van der Waals surface area contributed by atoms with Crippen LogP contribution >= 0.6 is 23.2 Å². The summed E-state index contributed by atoms with van der Waals surface area (Å²) in [4.78, 5) is 0. The van der Waals surface area contributed by atoms with E-state index in [1.54, 1.807) is 0 Å². The third kappa shape index (κ3) is 6.11. The lowest BCUT2D eigenvalue weighted by atomic mass is 10.1. The van der Waals surface area contributed by atoms with E-state index in [4.69, 9.17) is 23.2 Å². The fraction of sp³-hybridized carbons (Fsp3) is 0.429. The van der Waals surface area contributed by atoms with Crippen LogP contribution < -0.4 is 5.32 Å². The first-order valence-electron chi connectivity index (χ1n) is 5.92. The predicted molar refractivity (Wildman–Crippen MR) is 77.1 cm³/mol. The molecule has 0 bridgehead atoms. The number of benzene rings is 1. The van der Waals surface area contributed by atoms with Crippen LogP contribution in [-0.4, -0.2) is 12.6 Å². The molecule has 0 unspecified atom stereocenters. The van der Waals surface area contributed by atoms with E-state index < -0.39 is 0 Å². The first-order valence-corrected chi connectivity index (χ1v) is 6.67. The normalized spacial score (nSPS) is 11.6. The van der Waals surface area contributed by atoms with Crippen LogP contribution in [0.5, 0.6) is 0 Å². The zero-order valence-corrected chi connectivity index (χ0v) is 11.9. The average Bonchev–Trinajstić information content (AvgIpc) is 2.27. The number of allylic oxidation sites excluding steroid dienone is 1. The SMILES string of the molecule is CC(C)NCCC=CCc1ccc(Cl)c(Cl)c1. The Bertz CT molecular complexity index is 372. The molecule has 1 rings (SSSR count). The standard InChI is InChI=1S/C14H19Cl2N/c1-11(2)17-9-5-3-4-6-12-7-8-13(15)14(16)10-12/h3-4,7-8,10-11,17H,5-6,9H2,1-2H3. The minimum atomic E-state index is 0.554. The summed E-state index contributed by atoms with van der Waals surface area (Å²) in [6.45, 7) is 5.33. The van der Waals surface area contributed by atoms with Gasteiger partial charge in [-0.3, -0.25) is 0 Å². The highest BCUT2D eigenvalue weighted by Crippen LogP contribution is 2.22. The molecule has 0 amide bonds. The van der Waals surface area contributed by atoms with Crippen molar-refractivity contribution >= 4 is 23.2 Å². The molecule has 0 aliphatic rings. The second-order valence-electron chi connectivity index (χ2n) is 4.32. The van der Waals surface area contributed by atoms with Crippen LogP contribution in [0.1, 0.15) is 25.8 Å². The maximum atomic E-state index is 5.95. The molecule has 3 heteroatoms. The van der Waals surface area contributed by atoms with Crippen molar-refractivity contribution in [3.63, 3.8) is 0 Å². The predicted octanol–water partition coefficient (Wildman–Crippen LogP) is 4.48. The minimum absolute atomic E-state index is 0.554. The third-order valence-electron chi connectivity index (χ3n) is 2.37. The van der Waals surface area contributed by atoms with Gasteiger partial charge in [-0.1, -0.05) is 55.3 Å². The van der Waals surface area contributed by atoms with Crippen LogP contribution in [0.3, 0.4) is 0 Å². The van der Waals surface area contributed by atoms with E-state index in [9.17, 15) is 0 Å². The molecule has 1 aromatic carbocycles. The Labute approximate surface area is 114 Å². The first-order chi connectivity index (χ1) is 8.09. The topological polar surface area (TPSA) is 12.0 Å². The van der Waals surface area contributed by atoms with E-state index in [1.807, 2.05) is 18.2 Å². The Morgan fingerprint density at radius 1 is 1.18 bits per heavy atom. The molecule has 1 nitrogen and oxygen atoms in total. The highest BCUT2D eigenvalue weighted by atomic mass is 35.5. The molecule has 0 aromatic heterocycles. The maximum absolute atomic E-state index is 5.95. The van der Waals surface area contributed by atoms with Gasteiger partial charge in [0, 0.05) is 6.04 Å². The second kappa shape index (κ2) is 7.75. The zero-order valence-electron chi connectivity index (χ0n) is 10.3. The molecule has 17 heavy (non-hydrogen) atoms. The average molecular weight is 272 g/mol. The minimum Gasteiger partial charge on any atom is -0.314 e. The summed E-state index contributed by atoms with van der Waals surface area (Å²) in [5.41, 5.74) is 1.19. The lowest BCUT2D eigenvalue weighted by Crippen LogP contribution is -2.23. The van der Waals surface area contributed by atoms with Crippen molar-refractivity contribution in [3.8, 4) is 0 Å². The van der Waals surface area contributed by atoms with Crippen molar-refractivity contribution in [2.24, 2.45) is 0 Å². The van der Waals surface area contributed by atoms with Crippen LogP contribution in [0, 0.1) is 0 Å². The Hall–Kier alpha value is -0.500. The van der Waals surface area contributed by atoms with Gasteiger partial charge in [0.2, 0.25) is 0 Å². The van der Waals surface area contributed by atoms with Crippen LogP contribution in [0.25, 0.3) is 0 Å². The molecule has 1 N–H and O–H groups in total. The van der Waals surface area contributed by atoms with Gasteiger partial charge >= 0.3 is 0 Å². The van der Waals surface area contributed by atoms with Crippen molar-refractivity contribution in [1.29, 1.82) is 0 Å². The molecule has 0 radical (unpaired) electrons. The van der Waals surface area contributed by atoms with Crippen LogP contribution in [0.2, 0.25) is 10.0 Å². The summed E-state index contributed by atoms with van der Waals surface area (Å²) in [5, 5.41) is 4.61. The van der Waals surface area contributed by atoms with Gasteiger partial charge in [-0.2, -0.15) is 0 Å².